The summed E-state index contributed by atoms with van der Waals surface area (Å²) < 4.78 is 46.2. The zero-order valence-electron chi connectivity index (χ0n) is 29.5. The quantitative estimate of drug-likeness (QED) is 0.319. The van der Waals surface area contributed by atoms with E-state index in [0.29, 0.717) is 12.8 Å². The molecule has 6 aliphatic rings. The molecule has 17 unspecified atom stereocenters. The molecule has 6 saturated heterocycles. The maximum absolute atomic E-state index is 13.6. The minimum atomic E-state index is -1.63. The second kappa shape index (κ2) is 12.5. The van der Waals surface area contributed by atoms with Crippen LogP contribution < -0.4 is 0 Å². The monoisotopic (exact) mass is 652 g/mol. The largest absolute Gasteiger partial charge is 0.460 e. The Bertz CT molecular complexity index is 1120. The third kappa shape index (κ3) is 5.78. The molecule has 264 valence electrons. The van der Waals surface area contributed by atoms with Crippen LogP contribution >= 0.6 is 0 Å². The number of hydrogen-bond donors (Lipinski definition) is 2. The number of methoxy groups -OCH3 is 1. The number of carbonyl (C=O) groups excluding carboxylic acids is 1. The van der Waals surface area contributed by atoms with Crippen molar-refractivity contribution in [2.75, 3.05) is 13.7 Å². The summed E-state index contributed by atoms with van der Waals surface area (Å²) >= 11 is 0. The molecule has 0 aromatic carbocycles. The zero-order chi connectivity index (χ0) is 33.4. The van der Waals surface area contributed by atoms with Crippen molar-refractivity contribution in [2.24, 2.45) is 35.5 Å². The van der Waals surface area contributed by atoms with Gasteiger partial charge in [-0.25, -0.2) is 0 Å². The average Bonchev–Trinajstić information content (AvgIpc) is 3.72. The Morgan fingerprint density at radius 3 is 2.37 bits per heavy atom. The van der Waals surface area contributed by atoms with Gasteiger partial charge in [0.2, 0.25) is 5.79 Å². The Morgan fingerprint density at radius 2 is 1.67 bits per heavy atom. The van der Waals surface area contributed by atoms with Gasteiger partial charge in [-0.1, -0.05) is 41.5 Å². The minimum absolute atomic E-state index is 0.121. The van der Waals surface area contributed by atoms with Crippen LogP contribution in [0.2, 0.25) is 0 Å². The molecular weight excluding hydrogens is 592 g/mol. The van der Waals surface area contributed by atoms with Crippen LogP contribution in [0.3, 0.4) is 0 Å². The first-order valence-electron chi connectivity index (χ1n) is 18.1. The van der Waals surface area contributed by atoms with Gasteiger partial charge in [-0.05, 0) is 64.2 Å². The summed E-state index contributed by atoms with van der Waals surface area (Å²) in [6, 6.07) is 0. The maximum Gasteiger partial charge on any atom is 0.311 e. The second-order valence-corrected chi connectivity index (χ2v) is 16.4. The van der Waals surface area contributed by atoms with Crippen LogP contribution in [-0.2, 0) is 38.0 Å². The van der Waals surface area contributed by atoms with Gasteiger partial charge in [-0.3, -0.25) is 4.79 Å². The summed E-state index contributed by atoms with van der Waals surface area (Å²) in [7, 11) is 1.59. The van der Waals surface area contributed by atoms with Gasteiger partial charge in [0, 0.05) is 37.7 Å². The lowest BCUT2D eigenvalue weighted by molar-refractivity contribution is -0.337. The topological polar surface area (TPSA) is 122 Å². The lowest BCUT2D eigenvalue weighted by atomic mass is 9.78. The third-order valence-electron chi connectivity index (χ3n) is 13.2. The van der Waals surface area contributed by atoms with Gasteiger partial charge in [0.1, 0.15) is 6.61 Å². The number of cyclic esters (lactones) is 1. The summed E-state index contributed by atoms with van der Waals surface area (Å²) in [6.07, 6.45) is 3.41. The van der Waals surface area contributed by atoms with E-state index in [4.69, 9.17) is 33.2 Å². The van der Waals surface area contributed by atoms with Crippen LogP contribution in [-0.4, -0.2) is 95.4 Å². The first-order chi connectivity index (χ1) is 21.6. The van der Waals surface area contributed by atoms with Crippen molar-refractivity contribution in [2.45, 2.75) is 172 Å². The van der Waals surface area contributed by atoms with Gasteiger partial charge in [0.15, 0.2) is 5.79 Å². The summed E-state index contributed by atoms with van der Waals surface area (Å²) in [5, 5.41) is 23.2. The molecule has 1 spiro atoms. The first kappa shape index (κ1) is 35.0. The van der Waals surface area contributed by atoms with Gasteiger partial charge in [0.25, 0.3) is 0 Å². The van der Waals surface area contributed by atoms with Gasteiger partial charge >= 0.3 is 5.97 Å². The van der Waals surface area contributed by atoms with E-state index in [0.717, 1.165) is 38.5 Å². The standard InChI is InChI=1S/C36H60O10/c1-10-34-12-11-27(43-34)33(8)13-14-35(46-33)17-25(37)22(5)30(44-35)23(6)29(40-9)24(7)32(38)41-18-36(39)21(4)15-19(2)28(45-36)26-16-20(3)31(34)42-26/h19-31,37,39H,10-18H2,1-9H3. The molecule has 0 aliphatic carbocycles. The van der Waals surface area contributed by atoms with E-state index < -0.39 is 53.0 Å². The molecule has 17 atom stereocenters. The van der Waals surface area contributed by atoms with Crippen molar-refractivity contribution in [3.63, 3.8) is 0 Å². The highest BCUT2D eigenvalue weighted by Gasteiger charge is 2.62. The molecule has 0 amide bonds. The molecule has 6 rings (SSSR count). The minimum Gasteiger partial charge on any atom is -0.460 e. The first-order valence-corrected chi connectivity index (χ1v) is 18.1. The molecule has 0 radical (unpaired) electrons. The molecule has 46 heavy (non-hydrogen) atoms. The highest BCUT2D eigenvalue weighted by atomic mass is 16.7. The molecule has 0 saturated carbocycles. The maximum atomic E-state index is 13.6. The number of esters is 1. The van der Waals surface area contributed by atoms with Crippen molar-refractivity contribution in [3.05, 3.63) is 0 Å². The summed E-state index contributed by atoms with van der Waals surface area (Å²) in [5.41, 5.74) is -1.04. The van der Waals surface area contributed by atoms with Crippen LogP contribution in [0, 0.1) is 35.5 Å². The molecule has 6 fully saturated rings. The van der Waals surface area contributed by atoms with Crippen LogP contribution in [0.25, 0.3) is 0 Å². The zero-order valence-corrected chi connectivity index (χ0v) is 29.5. The van der Waals surface area contributed by atoms with Crippen LogP contribution in [0.4, 0.5) is 0 Å². The average molecular weight is 653 g/mol. The van der Waals surface area contributed by atoms with Crippen LogP contribution in [0.5, 0.6) is 0 Å². The van der Waals surface area contributed by atoms with Crippen molar-refractivity contribution in [1.82, 2.24) is 0 Å². The lowest BCUT2D eigenvalue weighted by Gasteiger charge is -2.49. The van der Waals surface area contributed by atoms with E-state index in [2.05, 4.69) is 27.7 Å². The number of aliphatic hydroxyl groups excluding tert-OH is 1. The number of rotatable bonds is 2. The number of carbonyl (C=O) groups is 1. The molecule has 0 aromatic rings. The Balaban J connectivity index is 1.35. The highest BCUT2D eigenvalue weighted by Crippen LogP contribution is 2.55. The van der Waals surface area contributed by atoms with E-state index in [1.807, 2.05) is 20.8 Å². The van der Waals surface area contributed by atoms with Gasteiger partial charge in [-0.2, -0.15) is 0 Å². The number of ether oxygens (including phenoxy) is 7. The molecule has 10 nitrogen and oxygen atoms in total. The highest BCUT2D eigenvalue weighted by molar-refractivity contribution is 5.72. The molecule has 2 N–H and O–H groups in total. The number of hydrogen-bond acceptors (Lipinski definition) is 10. The molecule has 0 aromatic heterocycles. The van der Waals surface area contributed by atoms with Crippen molar-refractivity contribution < 1.29 is 48.2 Å². The van der Waals surface area contributed by atoms with Gasteiger partial charge < -0.3 is 43.4 Å². The van der Waals surface area contributed by atoms with Crippen LogP contribution in [0.1, 0.15) is 107 Å². The normalized spacial score (nSPS) is 56.4. The summed E-state index contributed by atoms with van der Waals surface area (Å²) in [4.78, 5) is 13.6. The van der Waals surface area contributed by atoms with Gasteiger partial charge in [0.05, 0.1) is 59.8 Å². The predicted molar refractivity (Wildman–Crippen MR) is 169 cm³/mol. The summed E-state index contributed by atoms with van der Waals surface area (Å²) in [5.74, 6) is -4.02. The van der Waals surface area contributed by atoms with Crippen molar-refractivity contribution in [1.29, 1.82) is 0 Å². The van der Waals surface area contributed by atoms with E-state index in [1.165, 1.54) is 0 Å². The third-order valence-corrected chi connectivity index (χ3v) is 13.2. The van der Waals surface area contributed by atoms with Crippen LogP contribution in [0.15, 0.2) is 0 Å². The Labute approximate surface area is 275 Å². The van der Waals surface area contributed by atoms with E-state index in [1.54, 1.807) is 14.0 Å². The number of fused-ring (bicyclic) bond motifs is 11. The molecule has 6 aliphatic heterocycles. The Morgan fingerprint density at radius 1 is 0.935 bits per heavy atom. The van der Waals surface area contributed by atoms with E-state index in [9.17, 15) is 15.0 Å². The summed E-state index contributed by atoms with van der Waals surface area (Å²) in [6.45, 7) is 16.1. The molecule has 10 heteroatoms. The lowest BCUT2D eigenvalue weighted by Crippen LogP contribution is -2.57. The SMILES string of the molecule is CCC12CCC(O1)C1(C)CCC3(CC(O)C(C)C(O3)C(C)C(OC)C(C)C(=O)OCC3(O)OC(C(C)CC3C)C3CC(C)C2O3)O1. The molecular formula is C36H60O10. The fraction of sp³-hybridized carbons (Fsp3) is 0.972. The predicted octanol–water partition coefficient (Wildman–Crippen LogP) is 4.75. The fourth-order valence-corrected chi connectivity index (χ4v) is 10.2. The molecule has 9 bridgehead atoms. The second-order valence-electron chi connectivity index (χ2n) is 16.4. The number of aliphatic hydroxyl groups is 2. The molecule has 6 heterocycles. The van der Waals surface area contributed by atoms with E-state index in [-0.39, 0.29) is 60.6 Å². The fourth-order valence-electron chi connectivity index (χ4n) is 10.2. The smallest absolute Gasteiger partial charge is 0.311 e. The van der Waals surface area contributed by atoms with E-state index >= 15 is 0 Å². The van der Waals surface area contributed by atoms with Gasteiger partial charge in [-0.15, -0.1) is 0 Å². The van der Waals surface area contributed by atoms with Crippen molar-refractivity contribution in [3.8, 4) is 0 Å². The van der Waals surface area contributed by atoms with Crippen molar-refractivity contribution >= 4 is 5.97 Å². The Hall–Kier alpha value is -0.850. The Kier molecular flexibility index (Phi) is 9.50.